The van der Waals surface area contributed by atoms with Gasteiger partial charge in [0, 0.05) is 0 Å². The van der Waals surface area contributed by atoms with Gasteiger partial charge in [0.1, 0.15) is 0 Å². The molecule has 0 N–H and O–H groups in total. The Morgan fingerprint density at radius 3 is 1.50 bits per heavy atom. The number of halogens is 1. The summed E-state index contributed by atoms with van der Waals surface area (Å²) in [6.45, 7) is 0. The molecule has 0 fully saturated rings. The van der Waals surface area contributed by atoms with Gasteiger partial charge in [0.05, 0.1) is 9.64 Å². The van der Waals surface area contributed by atoms with Crippen molar-refractivity contribution in [3.63, 3.8) is 0 Å². The van der Waals surface area contributed by atoms with Crippen molar-refractivity contribution < 1.29 is 72.1 Å². The Labute approximate surface area is 103 Å². The summed E-state index contributed by atoms with van der Waals surface area (Å²) in [7, 11) is -8.40. The summed E-state index contributed by atoms with van der Waals surface area (Å²) < 4.78 is 51.6. The first-order chi connectivity index (χ1) is 3.71. The van der Waals surface area contributed by atoms with Gasteiger partial charge in [-0.05, 0) is 8.44 Å². The summed E-state index contributed by atoms with van der Waals surface area (Å²) in [4.78, 5) is 0. The fraction of sp³-hybridized carbons (Fsp3) is 0. The molecule has 0 bridgehead atoms. The zero-order chi connectivity index (χ0) is 7.71. The first kappa shape index (κ1) is 14.4. The van der Waals surface area contributed by atoms with Crippen molar-refractivity contribution in [2.75, 3.05) is 0 Å². The quantitative estimate of drug-likeness (QED) is 0.284. The molecule has 1 unspecified atom stereocenters. The topological polar surface area (TPSA) is 82.4 Å². The molecular weight excluding hydrogens is 231 g/mol. The van der Waals surface area contributed by atoms with Crippen LogP contribution < -0.4 is 51.4 Å². The van der Waals surface area contributed by atoms with Gasteiger partial charge in [-0.3, -0.25) is 0 Å². The predicted molar refractivity (Wildman–Crippen MR) is 32.0 cm³/mol. The third kappa shape index (κ3) is 12.5. The van der Waals surface area contributed by atoms with Crippen molar-refractivity contribution in [3.05, 3.63) is 4.13 Å². The van der Waals surface area contributed by atoms with E-state index in [1.54, 1.807) is 4.13 Å². The summed E-state index contributed by atoms with van der Waals surface area (Å²) >= 11 is 0. The van der Waals surface area contributed by atoms with Gasteiger partial charge >= 0.3 is 51.4 Å². The Morgan fingerprint density at radius 2 is 1.50 bits per heavy atom. The maximum atomic E-state index is 11.3. The van der Waals surface area contributed by atoms with Crippen LogP contribution in [-0.4, -0.2) is 16.8 Å². The molecule has 0 heterocycles. The predicted octanol–water partition coefficient (Wildman–Crippen LogP) is -3.30. The van der Waals surface area contributed by atoms with Crippen LogP contribution in [0.3, 0.4) is 0 Å². The van der Waals surface area contributed by atoms with Crippen molar-refractivity contribution in [2.24, 2.45) is 0 Å². The van der Waals surface area contributed by atoms with Crippen LogP contribution in [-0.2, 0) is 20.1 Å². The van der Waals surface area contributed by atoms with E-state index in [4.69, 9.17) is 0 Å². The van der Waals surface area contributed by atoms with Crippen LogP contribution in [0.5, 0.6) is 0 Å². The van der Waals surface area contributed by atoms with Crippen molar-refractivity contribution in [1.82, 2.24) is 0 Å². The minimum absolute atomic E-state index is 0. The summed E-state index contributed by atoms with van der Waals surface area (Å²) in [5.74, 6) is 0. The standard InChI is InChI=1S/FH2NO4PS2.K/c1-8(3,4)2-9(5,6)7;/h7H2;/q-1;+1. The second-order valence-corrected chi connectivity index (χ2v) is 5.24. The minimum Gasteiger partial charge on any atom is -0.405 e. The molecule has 0 aliphatic rings. The van der Waals surface area contributed by atoms with Gasteiger partial charge < -0.3 is 4.13 Å². The Bertz CT molecular complexity index is 248. The molecule has 5 nitrogen and oxygen atoms in total. The van der Waals surface area contributed by atoms with Gasteiger partial charge in [0.25, 0.3) is 0 Å². The second kappa shape index (κ2) is 4.78. The molecule has 56 valence electrons. The van der Waals surface area contributed by atoms with Crippen LogP contribution >= 0.6 is 8.44 Å². The molecule has 0 aliphatic heterocycles. The van der Waals surface area contributed by atoms with E-state index >= 15 is 0 Å². The van der Waals surface area contributed by atoms with E-state index < -0.39 is 20.1 Å². The molecule has 0 amide bonds. The van der Waals surface area contributed by atoms with Gasteiger partial charge in [-0.25, -0.2) is 16.8 Å². The Hall–Kier alpha value is 1.86. The minimum atomic E-state index is -5.27. The van der Waals surface area contributed by atoms with Crippen LogP contribution in [0.25, 0.3) is 4.13 Å². The average molecular weight is 233 g/mol. The molecule has 0 rings (SSSR count). The molecule has 0 radical (unpaired) electrons. The number of hydrogen-bond donors (Lipinski definition) is 0. The molecule has 10 heteroatoms. The molecule has 0 spiro atoms. The van der Waals surface area contributed by atoms with E-state index in [2.05, 4.69) is 0 Å². The Balaban J connectivity index is 0. The summed E-state index contributed by atoms with van der Waals surface area (Å²) in [5, 5.41) is 0. The van der Waals surface area contributed by atoms with Crippen LogP contribution in [0, 0.1) is 0 Å². The Morgan fingerprint density at radius 1 is 1.20 bits per heavy atom. The molecule has 0 saturated carbocycles. The van der Waals surface area contributed by atoms with Gasteiger partial charge in [0.2, 0.25) is 10.4 Å². The molecule has 0 saturated heterocycles. The van der Waals surface area contributed by atoms with Crippen LogP contribution in [0.1, 0.15) is 0 Å². The molecule has 10 heavy (non-hydrogen) atoms. The largest absolute Gasteiger partial charge is 1.00 e. The molecule has 0 aromatic carbocycles. The third-order valence-electron chi connectivity index (χ3n) is 0.193. The summed E-state index contributed by atoms with van der Waals surface area (Å²) in [5.41, 5.74) is 0. The SMILES string of the molecule is O=S(=O)(F)[N-]S(=O)(=O)P.[K+]. The van der Waals surface area contributed by atoms with Crippen molar-refractivity contribution >= 4 is 28.5 Å². The number of hydrogen-bond acceptors (Lipinski definition) is 4. The molecule has 0 aromatic rings. The van der Waals surface area contributed by atoms with Gasteiger partial charge in [-0.2, -0.15) is 0 Å². The van der Waals surface area contributed by atoms with E-state index in [1.165, 1.54) is 0 Å². The van der Waals surface area contributed by atoms with Gasteiger partial charge in [-0.15, -0.1) is 3.89 Å². The van der Waals surface area contributed by atoms with Crippen molar-refractivity contribution in [1.29, 1.82) is 0 Å². The molecule has 1 atom stereocenters. The van der Waals surface area contributed by atoms with Crippen molar-refractivity contribution in [2.45, 2.75) is 0 Å². The molecule has 0 aliphatic carbocycles. The number of nitrogens with zero attached hydrogens (tertiary/aromatic N) is 1. The maximum Gasteiger partial charge on any atom is 1.00 e. The summed E-state index contributed by atoms with van der Waals surface area (Å²) in [6.07, 6.45) is 0. The van der Waals surface area contributed by atoms with Crippen molar-refractivity contribution in [3.8, 4) is 0 Å². The zero-order valence-corrected chi connectivity index (χ0v) is 10.8. The van der Waals surface area contributed by atoms with Gasteiger partial charge in [-0.1, -0.05) is 0 Å². The zero-order valence-electron chi connectivity index (χ0n) is 4.85. The van der Waals surface area contributed by atoms with E-state index in [9.17, 15) is 20.7 Å². The second-order valence-electron chi connectivity index (χ2n) is 1.00. The van der Waals surface area contributed by atoms with E-state index in [-0.39, 0.29) is 51.4 Å². The van der Waals surface area contributed by atoms with Gasteiger partial charge in [0.15, 0.2) is 0 Å². The first-order valence-corrected chi connectivity index (χ1v) is 5.68. The van der Waals surface area contributed by atoms with Crippen LogP contribution in [0.15, 0.2) is 0 Å². The van der Waals surface area contributed by atoms with E-state index in [0.29, 0.717) is 0 Å². The summed E-state index contributed by atoms with van der Waals surface area (Å²) in [6, 6.07) is 0. The molecular formula is H2FKNO4PS2. The fourth-order valence-electron chi connectivity index (χ4n) is 0.124. The maximum absolute atomic E-state index is 11.3. The fourth-order valence-corrected chi connectivity index (χ4v) is 2.04. The van der Waals surface area contributed by atoms with E-state index in [1.807, 2.05) is 0 Å². The average Bonchev–Trinajstić information content (AvgIpc) is 1.14. The smallest absolute Gasteiger partial charge is 0.405 e. The Kier molecular flexibility index (Phi) is 6.87. The van der Waals surface area contributed by atoms with E-state index in [0.717, 1.165) is 8.44 Å². The monoisotopic (exact) mass is 233 g/mol. The normalized spacial score (nSPS) is 12.2. The molecule has 0 aromatic heterocycles. The first-order valence-electron chi connectivity index (χ1n) is 1.42. The van der Waals surface area contributed by atoms with Crippen LogP contribution in [0.4, 0.5) is 3.89 Å². The third-order valence-corrected chi connectivity index (χ3v) is 2.51. The number of rotatable bonds is 2. The van der Waals surface area contributed by atoms with Crippen LogP contribution in [0.2, 0.25) is 0 Å².